The normalized spacial score (nSPS) is 10.5. The van der Waals surface area contributed by atoms with Crippen LogP contribution in [0.1, 0.15) is 13.8 Å². The van der Waals surface area contributed by atoms with Gasteiger partial charge in [-0.05, 0) is 12.2 Å². The standard InChI is InChI=1S/C9H15N3S/c1-7(2)5-10-8-4-9(13-3)12-6-11-8/h4,6-7H,5H2,1-3H3,(H,10,11,12). The molecule has 1 rings (SSSR count). The lowest BCUT2D eigenvalue weighted by Gasteiger charge is -2.07. The summed E-state index contributed by atoms with van der Waals surface area (Å²) in [5.74, 6) is 1.54. The first-order chi connectivity index (χ1) is 6.22. The Bertz CT molecular complexity index is 263. The Morgan fingerprint density at radius 2 is 2.23 bits per heavy atom. The van der Waals surface area contributed by atoms with E-state index in [0.29, 0.717) is 5.92 Å². The van der Waals surface area contributed by atoms with E-state index < -0.39 is 0 Å². The molecule has 1 N–H and O–H groups in total. The molecular formula is C9H15N3S. The van der Waals surface area contributed by atoms with Gasteiger partial charge in [0.25, 0.3) is 0 Å². The molecule has 0 saturated carbocycles. The summed E-state index contributed by atoms with van der Waals surface area (Å²) in [4.78, 5) is 8.22. The molecule has 0 amide bonds. The first-order valence-corrected chi connectivity index (χ1v) is 5.54. The van der Waals surface area contributed by atoms with E-state index >= 15 is 0 Å². The third kappa shape index (κ3) is 3.63. The molecule has 13 heavy (non-hydrogen) atoms. The smallest absolute Gasteiger partial charge is 0.130 e. The van der Waals surface area contributed by atoms with E-state index in [1.54, 1.807) is 18.1 Å². The van der Waals surface area contributed by atoms with Gasteiger partial charge in [-0.2, -0.15) is 0 Å². The Balaban J connectivity index is 2.56. The zero-order valence-corrected chi connectivity index (χ0v) is 9.06. The molecule has 0 aliphatic rings. The SMILES string of the molecule is CSc1cc(NCC(C)C)ncn1. The summed E-state index contributed by atoms with van der Waals surface area (Å²) in [5.41, 5.74) is 0. The number of anilines is 1. The highest BCUT2D eigenvalue weighted by atomic mass is 32.2. The van der Waals surface area contributed by atoms with Crippen molar-refractivity contribution < 1.29 is 0 Å². The van der Waals surface area contributed by atoms with Crippen molar-refractivity contribution in [1.29, 1.82) is 0 Å². The van der Waals surface area contributed by atoms with Crippen LogP contribution in [0.2, 0.25) is 0 Å². The van der Waals surface area contributed by atoms with Crippen molar-refractivity contribution in [3.63, 3.8) is 0 Å². The lowest BCUT2D eigenvalue weighted by molar-refractivity contribution is 0.686. The molecule has 0 unspecified atom stereocenters. The maximum atomic E-state index is 4.12. The van der Waals surface area contributed by atoms with Crippen molar-refractivity contribution in [2.24, 2.45) is 5.92 Å². The first-order valence-electron chi connectivity index (χ1n) is 4.32. The zero-order valence-electron chi connectivity index (χ0n) is 8.24. The number of hydrogen-bond acceptors (Lipinski definition) is 4. The van der Waals surface area contributed by atoms with E-state index in [2.05, 4.69) is 29.1 Å². The van der Waals surface area contributed by atoms with Gasteiger partial charge in [0.1, 0.15) is 17.2 Å². The molecule has 1 aromatic heterocycles. The van der Waals surface area contributed by atoms with Crippen LogP contribution in [0.3, 0.4) is 0 Å². The molecule has 0 aromatic carbocycles. The van der Waals surface area contributed by atoms with E-state index in [-0.39, 0.29) is 0 Å². The van der Waals surface area contributed by atoms with Crippen LogP contribution < -0.4 is 5.32 Å². The van der Waals surface area contributed by atoms with Gasteiger partial charge < -0.3 is 5.32 Å². The van der Waals surface area contributed by atoms with E-state index in [9.17, 15) is 0 Å². The van der Waals surface area contributed by atoms with Gasteiger partial charge in [0.15, 0.2) is 0 Å². The molecule has 0 saturated heterocycles. The van der Waals surface area contributed by atoms with Crippen molar-refractivity contribution >= 4 is 17.6 Å². The largest absolute Gasteiger partial charge is 0.370 e. The maximum Gasteiger partial charge on any atom is 0.130 e. The molecule has 4 heteroatoms. The van der Waals surface area contributed by atoms with Crippen molar-refractivity contribution in [3.8, 4) is 0 Å². The van der Waals surface area contributed by atoms with Crippen molar-refractivity contribution in [2.45, 2.75) is 18.9 Å². The monoisotopic (exact) mass is 197 g/mol. The van der Waals surface area contributed by atoms with Crippen molar-refractivity contribution in [1.82, 2.24) is 9.97 Å². The van der Waals surface area contributed by atoms with Crippen LogP contribution in [-0.2, 0) is 0 Å². The minimum atomic E-state index is 0.632. The molecule has 0 bridgehead atoms. The minimum Gasteiger partial charge on any atom is -0.370 e. The van der Waals surface area contributed by atoms with Gasteiger partial charge in [0.2, 0.25) is 0 Å². The van der Waals surface area contributed by atoms with Gasteiger partial charge >= 0.3 is 0 Å². The van der Waals surface area contributed by atoms with E-state index in [4.69, 9.17) is 0 Å². The summed E-state index contributed by atoms with van der Waals surface area (Å²) < 4.78 is 0. The molecular weight excluding hydrogens is 182 g/mol. The molecule has 0 aliphatic carbocycles. The summed E-state index contributed by atoms with van der Waals surface area (Å²) in [6.07, 6.45) is 3.60. The molecule has 0 radical (unpaired) electrons. The lowest BCUT2D eigenvalue weighted by atomic mass is 10.2. The Morgan fingerprint density at radius 1 is 1.46 bits per heavy atom. The highest BCUT2D eigenvalue weighted by molar-refractivity contribution is 7.98. The number of rotatable bonds is 4. The Kier molecular flexibility index (Phi) is 4.02. The lowest BCUT2D eigenvalue weighted by Crippen LogP contribution is -2.09. The van der Waals surface area contributed by atoms with Crippen molar-refractivity contribution in [3.05, 3.63) is 12.4 Å². The van der Waals surface area contributed by atoms with Gasteiger partial charge in [-0.3, -0.25) is 0 Å². The van der Waals surface area contributed by atoms with Crippen LogP contribution >= 0.6 is 11.8 Å². The Hall–Kier alpha value is -0.770. The molecule has 0 aliphatic heterocycles. The second-order valence-corrected chi connectivity index (χ2v) is 4.05. The summed E-state index contributed by atoms with van der Waals surface area (Å²) >= 11 is 1.63. The predicted octanol–water partition coefficient (Wildman–Crippen LogP) is 2.27. The van der Waals surface area contributed by atoms with Crippen LogP contribution in [0.15, 0.2) is 17.4 Å². The molecule has 72 valence electrons. The summed E-state index contributed by atoms with van der Waals surface area (Å²) in [5, 5.41) is 4.26. The number of thioether (sulfide) groups is 1. The summed E-state index contributed by atoms with van der Waals surface area (Å²) in [6.45, 7) is 5.29. The fourth-order valence-corrected chi connectivity index (χ4v) is 1.24. The van der Waals surface area contributed by atoms with Crippen LogP contribution in [0.4, 0.5) is 5.82 Å². The summed E-state index contributed by atoms with van der Waals surface area (Å²) in [6, 6.07) is 1.97. The third-order valence-electron chi connectivity index (χ3n) is 1.54. The number of hydrogen-bond donors (Lipinski definition) is 1. The molecule has 0 atom stereocenters. The average Bonchev–Trinajstić information content (AvgIpc) is 2.15. The average molecular weight is 197 g/mol. The predicted molar refractivity (Wildman–Crippen MR) is 57.1 cm³/mol. The number of nitrogens with zero attached hydrogens (tertiary/aromatic N) is 2. The van der Waals surface area contributed by atoms with E-state index in [0.717, 1.165) is 17.4 Å². The van der Waals surface area contributed by atoms with Crippen LogP contribution in [0.25, 0.3) is 0 Å². The van der Waals surface area contributed by atoms with Crippen LogP contribution in [-0.4, -0.2) is 22.8 Å². The third-order valence-corrected chi connectivity index (χ3v) is 2.18. The Labute approximate surface area is 83.4 Å². The maximum absolute atomic E-state index is 4.12. The van der Waals surface area contributed by atoms with E-state index in [1.165, 1.54) is 0 Å². The van der Waals surface area contributed by atoms with Crippen LogP contribution in [0, 0.1) is 5.92 Å². The zero-order chi connectivity index (χ0) is 9.68. The number of aromatic nitrogens is 2. The molecule has 1 aromatic rings. The molecule has 0 fully saturated rings. The Morgan fingerprint density at radius 3 is 2.85 bits per heavy atom. The number of nitrogens with one attached hydrogen (secondary N) is 1. The van der Waals surface area contributed by atoms with Gasteiger partial charge in [-0.15, -0.1) is 11.8 Å². The molecule has 0 spiro atoms. The fraction of sp³-hybridized carbons (Fsp3) is 0.556. The summed E-state index contributed by atoms with van der Waals surface area (Å²) in [7, 11) is 0. The second kappa shape index (κ2) is 5.07. The fourth-order valence-electron chi connectivity index (χ4n) is 0.856. The van der Waals surface area contributed by atoms with E-state index in [1.807, 2.05) is 12.3 Å². The first kappa shape index (κ1) is 10.3. The van der Waals surface area contributed by atoms with Gasteiger partial charge in [-0.1, -0.05) is 13.8 Å². The quantitative estimate of drug-likeness (QED) is 0.593. The minimum absolute atomic E-state index is 0.632. The highest BCUT2D eigenvalue weighted by Gasteiger charge is 1.97. The topological polar surface area (TPSA) is 37.8 Å². The highest BCUT2D eigenvalue weighted by Crippen LogP contribution is 2.13. The van der Waals surface area contributed by atoms with Crippen molar-refractivity contribution in [2.75, 3.05) is 18.1 Å². The molecule has 3 nitrogen and oxygen atoms in total. The van der Waals surface area contributed by atoms with Crippen LogP contribution in [0.5, 0.6) is 0 Å². The molecule has 1 heterocycles. The van der Waals surface area contributed by atoms with Gasteiger partial charge in [0, 0.05) is 12.6 Å². The van der Waals surface area contributed by atoms with Gasteiger partial charge in [0.05, 0.1) is 0 Å². The van der Waals surface area contributed by atoms with Gasteiger partial charge in [-0.25, -0.2) is 9.97 Å². The second-order valence-electron chi connectivity index (χ2n) is 3.22.